The molecule has 0 amide bonds. The summed E-state index contributed by atoms with van der Waals surface area (Å²) in [5, 5.41) is 3.40. The van der Waals surface area contributed by atoms with Gasteiger partial charge in [-0.3, -0.25) is 0 Å². The molecule has 0 aromatic heterocycles. The van der Waals surface area contributed by atoms with Gasteiger partial charge in [-0.2, -0.15) is 0 Å². The molecule has 0 bridgehead atoms. The first-order chi connectivity index (χ1) is 7.54. The van der Waals surface area contributed by atoms with Gasteiger partial charge < -0.3 is 5.32 Å². The first kappa shape index (κ1) is 14.7. The lowest BCUT2D eigenvalue weighted by atomic mass is 10.00. The number of rotatable bonds is 6. The van der Waals surface area contributed by atoms with Crippen LogP contribution in [0.3, 0.4) is 0 Å². The maximum Gasteiger partial charge on any atom is 0.211 e. The minimum absolute atomic E-state index is 0.484. The molecule has 1 saturated heterocycles. The zero-order chi connectivity index (χ0) is 12.0. The molecular weight excluding hydrogens is 339 g/mol. The van der Waals surface area contributed by atoms with Crippen molar-refractivity contribution >= 4 is 32.6 Å². The van der Waals surface area contributed by atoms with Gasteiger partial charge >= 0.3 is 0 Å². The zero-order valence-electron chi connectivity index (χ0n) is 9.78. The molecule has 96 valence electrons. The highest BCUT2D eigenvalue weighted by Crippen LogP contribution is 2.17. The van der Waals surface area contributed by atoms with E-state index in [1.54, 1.807) is 4.31 Å². The number of hydrogen-bond donors (Lipinski definition) is 1. The number of piperidine rings is 1. The molecule has 1 atom stereocenters. The average Bonchev–Trinajstić information content (AvgIpc) is 2.24. The Kier molecular flexibility index (Phi) is 6.53. The van der Waals surface area contributed by atoms with Crippen LogP contribution in [0.5, 0.6) is 0 Å². The largest absolute Gasteiger partial charge is 0.316 e. The van der Waals surface area contributed by atoms with E-state index in [2.05, 4.69) is 27.9 Å². The van der Waals surface area contributed by atoms with Crippen LogP contribution in [0.25, 0.3) is 0 Å². The molecule has 0 aromatic rings. The van der Waals surface area contributed by atoms with E-state index in [9.17, 15) is 8.42 Å². The van der Waals surface area contributed by atoms with E-state index in [-0.39, 0.29) is 0 Å². The Labute approximate surface area is 112 Å². The quantitative estimate of drug-likeness (QED) is 0.438. The normalized spacial score (nSPS) is 23.5. The van der Waals surface area contributed by atoms with Crippen molar-refractivity contribution in [3.05, 3.63) is 0 Å². The van der Waals surface area contributed by atoms with Crippen molar-refractivity contribution in [2.45, 2.75) is 19.3 Å². The lowest BCUT2D eigenvalue weighted by Crippen LogP contribution is -2.42. The number of alkyl halides is 1. The van der Waals surface area contributed by atoms with Gasteiger partial charge in [0.2, 0.25) is 10.0 Å². The van der Waals surface area contributed by atoms with E-state index in [0.29, 0.717) is 19.0 Å². The number of hydrogen-bond acceptors (Lipinski definition) is 3. The third-order valence-corrected chi connectivity index (χ3v) is 4.90. The fraction of sp³-hybridized carbons (Fsp3) is 1.00. The van der Waals surface area contributed by atoms with Gasteiger partial charge in [0, 0.05) is 17.5 Å². The van der Waals surface area contributed by atoms with Gasteiger partial charge in [-0.05, 0) is 38.3 Å². The summed E-state index contributed by atoms with van der Waals surface area (Å²) in [6.45, 7) is 3.38. The minimum Gasteiger partial charge on any atom is -0.316 e. The molecule has 1 heterocycles. The van der Waals surface area contributed by atoms with Crippen LogP contribution >= 0.6 is 22.6 Å². The molecule has 6 heteroatoms. The van der Waals surface area contributed by atoms with Crippen molar-refractivity contribution in [2.75, 3.05) is 36.9 Å². The van der Waals surface area contributed by atoms with E-state index in [4.69, 9.17) is 0 Å². The molecule has 1 unspecified atom stereocenters. The molecule has 1 fully saturated rings. The van der Waals surface area contributed by atoms with Crippen molar-refractivity contribution in [2.24, 2.45) is 5.92 Å². The van der Waals surface area contributed by atoms with Gasteiger partial charge in [0.1, 0.15) is 0 Å². The Hall–Kier alpha value is 0.600. The van der Waals surface area contributed by atoms with Crippen molar-refractivity contribution in [3.8, 4) is 0 Å². The molecule has 1 aliphatic heterocycles. The predicted molar refractivity (Wildman–Crippen MR) is 75.5 cm³/mol. The van der Waals surface area contributed by atoms with Crippen molar-refractivity contribution in [3.63, 3.8) is 0 Å². The summed E-state index contributed by atoms with van der Waals surface area (Å²) < 4.78 is 25.6. The summed E-state index contributed by atoms with van der Waals surface area (Å²) in [6.07, 6.45) is 4.62. The Bertz CT molecular complexity index is 295. The highest BCUT2D eigenvalue weighted by Gasteiger charge is 2.25. The van der Waals surface area contributed by atoms with Crippen LogP contribution in [0.4, 0.5) is 0 Å². The predicted octanol–water partition coefficient (Wildman–Crippen LogP) is 1.07. The second kappa shape index (κ2) is 7.13. The van der Waals surface area contributed by atoms with Gasteiger partial charge in [0.05, 0.1) is 6.26 Å². The minimum atomic E-state index is -2.99. The van der Waals surface area contributed by atoms with Gasteiger partial charge in [-0.1, -0.05) is 22.6 Å². The van der Waals surface area contributed by atoms with Crippen LogP contribution < -0.4 is 5.32 Å². The molecule has 0 spiro atoms. The summed E-state index contributed by atoms with van der Waals surface area (Å²) in [6, 6.07) is 0. The van der Waals surface area contributed by atoms with Crippen LogP contribution in [0.2, 0.25) is 0 Å². The molecule has 4 nitrogen and oxygen atoms in total. The van der Waals surface area contributed by atoms with Crippen LogP contribution in [0.1, 0.15) is 19.3 Å². The average molecular weight is 360 g/mol. The smallest absolute Gasteiger partial charge is 0.211 e. The maximum absolute atomic E-state index is 11.4. The van der Waals surface area contributed by atoms with Crippen LogP contribution in [0.15, 0.2) is 0 Å². The molecule has 0 aliphatic carbocycles. The molecule has 1 rings (SSSR count). The topological polar surface area (TPSA) is 49.4 Å². The Morgan fingerprint density at radius 3 is 2.88 bits per heavy atom. The van der Waals surface area contributed by atoms with Crippen molar-refractivity contribution in [1.82, 2.24) is 9.62 Å². The molecule has 0 aromatic carbocycles. The lowest BCUT2D eigenvalue weighted by Gasteiger charge is -2.31. The Morgan fingerprint density at radius 2 is 2.25 bits per heavy atom. The third kappa shape index (κ3) is 5.29. The molecule has 16 heavy (non-hydrogen) atoms. The van der Waals surface area contributed by atoms with Crippen LogP contribution in [-0.2, 0) is 10.0 Å². The third-order valence-electron chi connectivity index (χ3n) is 2.87. The second-order valence-electron chi connectivity index (χ2n) is 4.38. The van der Waals surface area contributed by atoms with Gasteiger partial charge in [0.25, 0.3) is 0 Å². The number of halogens is 1. The summed E-state index contributed by atoms with van der Waals surface area (Å²) in [5.74, 6) is 0.484. The van der Waals surface area contributed by atoms with Crippen LogP contribution in [-0.4, -0.2) is 49.6 Å². The van der Waals surface area contributed by atoms with Gasteiger partial charge in [0.15, 0.2) is 0 Å². The van der Waals surface area contributed by atoms with Crippen molar-refractivity contribution in [1.29, 1.82) is 0 Å². The molecular formula is C10H21IN2O2S. The van der Waals surface area contributed by atoms with Gasteiger partial charge in [-0.15, -0.1) is 0 Å². The molecule has 0 radical (unpaired) electrons. The number of nitrogens with zero attached hydrogens (tertiary/aromatic N) is 1. The first-order valence-electron chi connectivity index (χ1n) is 5.76. The summed E-state index contributed by atoms with van der Waals surface area (Å²) in [7, 11) is -2.99. The standard InChI is InChI=1S/C10H21IN2O2S/c1-16(14,15)13-7-2-4-10(9-13)8-12-6-3-5-11/h10,12H,2-9H2,1H3. The van der Waals surface area contributed by atoms with E-state index in [1.807, 2.05) is 0 Å². The highest BCUT2D eigenvalue weighted by molar-refractivity contribution is 14.1. The fourth-order valence-electron chi connectivity index (χ4n) is 1.99. The Balaban J connectivity index is 2.28. The second-order valence-corrected chi connectivity index (χ2v) is 7.44. The molecule has 1 N–H and O–H groups in total. The SMILES string of the molecule is CS(=O)(=O)N1CCCC(CNCCCI)C1. The summed E-state index contributed by atoms with van der Waals surface area (Å²) >= 11 is 2.37. The number of sulfonamides is 1. The molecule has 1 aliphatic rings. The number of nitrogens with one attached hydrogen (secondary N) is 1. The fourth-order valence-corrected chi connectivity index (χ4v) is 3.32. The van der Waals surface area contributed by atoms with E-state index in [0.717, 1.165) is 25.9 Å². The van der Waals surface area contributed by atoms with Crippen molar-refractivity contribution < 1.29 is 8.42 Å². The lowest BCUT2D eigenvalue weighted by molar-refractivity contribution is 0.262. The maximum atomic E-state index is 11.4. The van der Waals surface area contributed by atoms with E-state index in [1.165, 1.54) is 17.1 Å². The van der Waals surface area contributed by atoms with Crippen LogP contribution in [0, 0.1) is 5.92 Å². The monoisotopic (exact) mass is 360 g/mol. The summed E-state index contributed by atoms with van der Waals surface area (Å²) in [5.41, 5.74) is 0. The Morgan fingerprint density at radius 1 is 1.50 bits per heavy atom. The zero-order valence-corrected chi connectivity index (χ0v) is 12.8. The first-order valence-corrected chi connectivity index (χ1v) is 9.13. The van der Waals surface area contributed by atoms with E-state index >= 15 is 0 Å². The highest BCUT2D eigenvalue weighted by atomic mass is 127. The molecule has 0 saturated carbocycles. The summed E-state index contributed by atoms with van der Waals surface area (Å²) in [4.78, 5) is 0. The van der Waals surface area contributed by atoms with Gasteiger partial charge in [-0.25, -0.2) is 12.7 Å². The van der Waals surface area contributed by atoms with E-state index < -0.39 is 10.0 Å².